The van der Waals surface area contributed by atoms with Crippen LogP contribution in [0.3, 0.4) is 0 Å². The van der Waals surface area contributed by atoms with Crippen molar-refractivity contribution in [3.63, 3.8) is 0 Å². The molecule has 0 bridgehead atoms. The maximum absolute atomic E-state index is 6.75. The molecule has 1 aromatic carbocycles. The summed E-state index contributed by atoms with van der Waals surface area (Å²) in [7, 11) is 0. The van der Waals surface area contributed by atoms with Gasteiger partial charge in [-0.15, -0.1) is 0 Å². The summed E-state index contributed by atoms with van der Waals surface area (Å²) in [6.45, 7) is 7.14. The molecule has 2 nitrogen and oxygen atoms in total. The van der Waals surface area contributed by atoms with E-state index in [4.69, 9.17) is 18.2 Å². The van der Waals surface area contributed by atoms with Crippen molar-refractivity contribution >= 4 is 22.5 Å². The highest BCUT2D eigenvalue weighted by atomic mass is 35.5. The summed E-state index contributed by atoms with van der Waals surface area (Å²) in [5.74, 6) is 0. The first-order chi connectivity index (χ1) is 6.31. The van der Waals surface area contributed by atoms with E-state index in [1.807, 2.05) is 24.4 Å². The minimum Gasteiger partial charge on any atom is -0.361 e. The lowest BCUT2D eigenvalue weighted by Gasteiger charge is -1.96. The second-order valence-electron chi connectivity index (χ2n) is 2.83. The molecule has 13 heavy (non-hydrogen) atoms. The summed E-state index contributed by atoms with van der Waals surface area (Å²) < 4.78 is 0. The number of aromatic nitrogens is 1. The van der Waals surface area contributed by atoms with Crippen LogP contribution in [0.25, 0.3) is 15.7 Å². The van der Waals surface area contributed by atoms with Crippen LogP contribution in [0.5, 0.6) is 0 Å². The molecule has 0 radical (unpaired) electrons. The maximum Gasteiger partial charge on any atom is 0.239 e. The van der Waals surface area contributed by atoms with E-state index in [9.17, 15) is 0 Å². The van der Waals surface area contributed by atoms with Crippen LogP contribution in [-0.4, -0.2) is 4.98 Å². The molecule has 1 heterocycles. The smallest absolute Gasteiger partial charge is 0.239 e. The van der Waals surface area contributed by atoms with Gasteiger partial charge in [-0.05, 0) is 18.2 Å². The van der Waals surface area contributed by atoms with E-state index >= 15 is 0 Å². The van der Waals surface area contributed by atoms with Crippen molar-refractivity contribution in [3.05, 3.63) is 46.4 Å². The third-order valence-electron chi connectivity index (χ3n) is 1.94. The number of nitrogens with one attached hydrogen (secondary N) is 1. The standard InChI is InChI=1S/C10H7ClN2/c1-12-6-7-4-9(11)8-2-3-13-10(8)5-7/h2-5,13H,6H2. The van der Waals surface area contributed by atoms with Crippen LogP contribution in [-0.2, 0) is 6.54 Å². The van der Waals surface area contributed by atoms with Crippen LogP contribution in [0, 0.1) is 6.57 Å². The van der Waals surface area contributed by atoms with E-state index in [-0.39, 0.29) is 0 Å². The Kier molecular flexibility index (Phi) is 1.96. The van der Waals surface area contributed by atoms with Crippen molar-refractivity contribution < 1.29 is 0 Å². The van der Waals surface area contributed by atoms with Gasteiger partial charge in [0.25, 0.3) is 0 Å². The normalized spacial score (nSPS) is 10.2. The lowest BCUT2D eigenvalue weighted by atomic mass is 10.1. The summed E-state index contributed by atoms with van der Waals surface area (Å²) in [5.41, 5.74) is 1.95. The van der Waals surface area contributed by atoms with Crippen molar-refractivity contribution in [2.45, 2.75) is 6.54 Å². The van der Waals surface area contributed by atoms with Gasteiger partial charge in [-0.3, -0.25) is 0 Å². The van der Waals surface area contributed by atoms with Gasteiger partial charge in [0.1, 0.15) is 0 Å². The minimum absolute atomic E-state index is 0.384. The first kappa shape index (κ1) is 8.15. The highest BCUT2D eigenvalue weighted by Crippen LogP contribution is 2.24. The van der Waals surface area contributed by atoms with Crippen molar-refractivity contribution in [1.82, 2.24) is 4.98 Å². The number of hydrogen-bond donors (Lipinski definition) is 1. The van der Waals surface area contributed by atoms with Crippen molar-refractivity contribution in [3.8, 4) is 0 Å². The molecular formula is C10H7ClN2. The molecular weight excluding hydrogens is 184 g/mol. The molecule has 1 aromatic heterocycles. The molecule has 0 atom stereocenters. The SMILES string of the molecule is [C-]#[N+]Cc1cc(Cl)c2cc[nH]c2c1. The van der Waals surface area contributed by atoms with Crippen LogP contribution >= 0.6 is 11.6 Å². The van der Waals surface area contributed by atoms with E-state index in [0.717, 1.165) is 16.5 Å². The molecule has 0 saturated heterocycles. The van der Waals surface area contributed by atoms with Crippen LogP contribution in [0.4, 0.5) is 0 Å². The summed E-state index contributed by atoms with van der Waals surface area (Å²) in [6.07, 6.45) is 1.85. The Bertz CT molecular complexity index is 479. The first-order valence-corrected chi connectivity index (χ1v) is 4.28. The zero-order chi connectivity index (χ0) is 9.26. The molecule has 0 aliphatic rings. The number of rotatable bonds is 1. The average molecular weight is 191 g/mol. The fraction of sp³-hybridized carbons (Fsp3) is 0.100. The zero-order valence-corrected chi connectivity index (χ0v) is 7.60. The van der Waals surface area contributed by atoms with Gasteiger partial charge in [0.2, 0.25) is 6.54 Å². The fourth-order valence-electron chi connectivity index (χ4n) is 1.36. The highest BCUT2D eigenvalue weighted by molar-refractivity contribution is 6.35. The Morgan fingerprint density at radius 2 is 2.31 bits per heavy atom. The molecule has 0 amide bonds. The second kappa shape index (κ2) is 3.12. The van der Waals surface area contributed by atoms with E-state index in [0.29, 0.717) is 11.6 Å². The number of aromatic amines is 1. The van der Waals surface area contributed by atoms with Crippen molar-refractivity contribution in [2.24, 2.45) is 0 Å². The molecule has 0 saturated carbocycles. The number of benzene rings is 1. The van der Waals surface area contributed by atoms with E-state index in [1.54, 1.807) is 0 Å². The summed E-state index contributed by atoms with van der Waals surface area (Å²) in [5, 5.41) is 1.72. The summed E-state index contributed by atoms with van der Waals surface area (Å²) in [6, 6.07) is 5.73. The molecule has 0 spiro atoms. The first-order valence-electron chi connectivity index (χ1n) is 3.90. The van der Waals surface area contributed by atoms with Crippen molar-refractivity contribution in [2.75, 3.05) is 0 Å². The Morgan fingerprint density at radius 1 is 1.46 bits per heavy atom. The Morgan fingerprint density at radius 3 is 3.08 bits per heavy atom. The van der Waals surface area contributed by atoms with Crippen LogP contribution in [0.15, 0.2) is 24.4 Å². The third-order valence-corrected chi connectivity index (χ3v) is 2.25. The Balaban J connectivity index is 2.64. The lowest BCUT2D eigenvalue weighted by molar-refractivity contribution is 1.27. The van der Waals surface area contributed by atoms with Gasteiger partial charge in [-0.2, -0.15) is 0 Å². The van der Waals surface area contributed by atoms with Crippen molar-refractivity contribution in [1.29, 1.82) is 0 Å². The van der Waals surface area contributed by atoms with Crippen LogP contribution in [0.2, 0.25) is 5.02 Å². The Hall–Kier alpha value is -1.46. The van der Waals surface area contributed by atoms with Gasteiger partial charge in [0.05, 0.1) is 5.02 Å². The molecule has 3 heteroatoms. The maximum atomic E-state index is 6.75. The zero-order valence-electron chi connectivity index (χ0n) is 6.84. The molecule has 0 aliphatic carbocycles. The van der Waals surface area contributed by atoms with E-state index < -0.39 is 0 Å². The lowest BCUT2D eigenvalue weighted by Crippen LogP contribution is -1.80. The predicted octanol–water partition coefficient (Wildman–Crippen LogP) is 3.24. The van der Waals surface area contributed by atoms with E-state index in [1.165, 1.54) is 0 Å². The molecule has 0 aliphatic heterocycles. The van der Waals surface area contributed by atoms with E-state index in [2.05, 4.69) is 9.83 Å². The number of fused-ring (bicyclic) bond motifs is 1. The van der Waals surface area contributed by atoms with Crippen LogP contribution in [0.1, 0.15) is 5.56 Å². The average Bonchev–Trinajstić information content (AvgIpc) is 2.53. The molecule has 64 valence electrons. The molecule has 2 aromatic rings. The molecule has 0 unspecified atom stereocenters. The van der Waals surface area contributed by atoms with Gasteiger partial charge in [0, 0.05) is 22.7 Å². The molecule has 0 fully saturated rings. The monoisotopic (exact) mass is 190 g/mol. The number of H-pyrrole nitrogens is 1. The second-order valence-corrected chi connectivity index (χ2v) is 3.24. The quantitative estimate of drug-likeness (QED) is 0.667. The fourth-order valence-corrected chi connectivity index (χ4v) is 1.67. The molecule has 1 N–H and O–H groups in total. The number of nitrogens with zero attached hydrogens (tertiary/aromatic N) is 1. The largest absolute Gasteiger partial charge is 0.361 e. The number of hydrogen-bond acceptors (Lipinski definition) is 0. The van der Waals surface area contributed by atoms with Gasteiger partial charge >= 0.3 is 0 Å². The summed E-state index contributed by atoms with van der Waals surface area (Å²) >= 11 is 6.02. The Labute approximate surface area is 81.0 Å². The van der Waals surface area contributed by atoms with Gasteiger partial charge in [-0.1, -0.05) is 11.6 Å². The van der Waals surface area contributed by atoms with Gasteiger partial charge < -0.3 is 9.83 Å². The van der Waals surface area contributed by atoms with Gasteiger partial charge in [-0.25, -0.2) is 6.57 Å². The topological polar surface area (TPSA) is 20.1 Å². The highest BCUT2D eigenvalue weighted by Gasteiger charge is 2.03. The number of halogens is 1. The predicted molar refractivity (Wildman–Crippen MR) is 53.6 cm³/mol. The minimum atomic E-state index is 0.384. The molecule has 2 rings (SSSR count). The summed E-state index contributed by atoms with van der Waals surface area (Å²) in [4.78, 5) is 6.39. The third kappa shape index (κ3) is 1.39. The van der Waals surface area contributed by atoms with Crippen LogP contribution < -0.4 is 0 Å². The van der Waals surface area contributed by atoms with Gasteiger partial charge in [0.15, 0.2) is 0 Å².